The number of benzene rings is 1. The molecule has 1 saturated heterocycles. The van der Waals surface area contributed by atoms with Crippen LogP contribution < -0.4 is 5.32 Å². The molecule has 0 spiro atoms. The van der Waals surface area contributed by atoms with Crippen LogP contribution in [0.2, 0.25) is 0 Å². The number of hydrogen-bond donors (Lipinski definition) is 1. The number of ether oxygens (including phenoxy) is 1. The fourth-order valence-electron chi connectivity index (χ4n) is 3.82. The van der Waals surface area contributed by atoms with Crippen molar-refractivity contribution in [2.24, 2.45) is 0 Å². The van der Waals surface area contributed by atoms with E-state index >= 15 is 0 Å². The van der Waals surface area contributed by atoms with Gasteiger partial charge in [-0.25, -0.2) is 14.4 Å². The Morgan fingerprint density at radius 2 is 2.00 bits per heavy atom. The number of carbonyl (C=O) groups excluding carboxylic acids is 1. The number of aromatic nitrogens is 2. The van der Waals surface area contributed by atoms with Crippen molar-refractivity contribution in [3.63, 3.8) is 0 Å². The highest BCUT2D eigenvalue weighted by Crippen LogP contribution is 2.33. The molecule has 7 heteroatoms. The number of fused-ring (bicyclic) bond motifs is 1. The first kappa shape index (κ1) is 19.0. The standard InChI is InChI=1S/C21H22FN3O2S/c1-11-17-12(2)23-13(3)24-21(17)28-19(11)20(26)25-18(16-5-4-10-27-16)14-6-8-15(22)9-7-14/h6-9,16,18H,4-5,10H2,1-3H3,(H,25,26)/t16-,18-/m0/s1. The number of nitrogens with zero attached hydrogens (tertiary/aromatic N) is 2. The molecular formula is C21H22FN3O2S. The molecule has 2 aromatic heterocycles. The Balaban J connectivity index is 1.68. The minimum Gasteiger partial charge on any atom is -0.376 e. The van der Waals surface area contributed by atoms with Crippen molar-refractivity contribution < 1.29 is 13.9 Å². The van der Waals surface area contributed by atoms with E-state index in [2.05, 4.69) is 15.3 Å². The zero-order valence-electron chi connectivity index (χ0n) is 16.1. The monoisotopic (exact) mass is 399 g/mol. The molecule has 2 atom stereocenters. The number of rotatable bonds is 4. The van der Waals surface area contributed by atoms with Crippen molar-refractivity contribution in [1.29, 1.82) is 0 Å². The van der Waals surface area contributed by atoms with Crippen molar-refractivity contribution in [3.05, 3.63) is 57.6 Å². The third kappa shape index (κ3) is 3.52. The van der Waals surface area contributed by atoms with E-state index in [0.29, 0.717) is 17.3 Å². The Morgan fingerprint density at radius 3 is 2.68 bits per heavy atom. The van der Waals surface area contributed by atoms with Gasteiger partial charge in [0.25, 0.3) is 5.91 Å². The topological polar surface area (TPSA) is 64.1 Å². The minimum atomic E-state index is -0.325. The summed E-state index contributed by atoms with van der Waals surface area (Å²) in [5.74, 6) is 0.232. The van der Waals surface area contributed by atoms with Crippen LogP contribution in [0, 0.1) is 26.6 Å². The molecule has 28 heavy (non-hydrogen) atoms. The van der Waals surface area contributed by atoms with E-state index in [4.69, 9.17) is 4.74 Å². The highest BCUT2D eigenvalue weighted by Gasteiger charge is 2.30. The number of nitrogens with one attached hydrogen (secondary N) is 1. The fourth-order valence-corrected chi connectivity index (χ4v) is 5.00. The molecule has 1 aliphatic heterocycles. The van der Waals surface area contributed by atoms with Gasteiger partial charge in [0.05, 0.1) is 17.0 Å². The Hall–Kier alpha value is -2.38. The average Bonchev–Trinajstić information content (AvgIpc) is 3.28. The third-order valence-corrected chi connectivity index (χ3v) is 6.33. The van der Waals surface area contributed by atoms with Gasteiger partial charge < -0.3 is 10.1 Å². The minimum absolute atomic E-state index is 0.118. The van der Waals surface area contributed by atoms with Gasteiger partial charge in [0.1, 0.15) is 16.5 Å². The van der Waals surface area contributed by atoms with E-state index in [9.17, 15) is 9.18 Å². The summed E-state index contributed by atoms with van der Waals surface area (Å²) < 4.78 is 19.2. The molecule has 3 aromatic rings. The lowest BCUT2D eigenvalue weighted by molar-refractivity contribution is 0.0674. The van der Waals surface area contributed by atoms with E-state index in [1.54, 1.807) is 12.1 Å². The molecule has 1 aromatic carbocycles. The number of hydrogen-bond acceptors (Lipinski definition) is 5. The van der Waals surface area contributed by atoms with Crippen LogP contribution >= 0.6 is 11.3 Å². The predicted molar refractivity (Wildman–Crippen MR) is 107 cm³/mol. The molecule has 146 valence electrons. The van der Waals surface area contributed by atoms with Gasteiger partial charge in [-0.2, -0.15) is 0 Å². The Labute approximate surface area is 167 Å². The van der Waals surface area contributed by atoms with Gasteiger partial charge >= 0.3 is 0 Å². The molecule has 0 saturated carbocycles. The van der Waals surface area contributed by atoms with Gasteiger partial charge in [0, 0.05) is 17.7 Å². The van der Waals surface area contributed by atoms with Gasteiger partial charge in [0.2, 0.25) is 0 Å². The molecule has 1 fully saturated rings. The lowest BCUT2D eigenvalue weighted by atomic mass is 9.99. The Bertz CT molecular complexity index is 1030. The van der Waals surface area contributed by atoms with Crippen LogP contribution in [0.4, 0.5) is 4.39 Å². The quantitative estimate of drug-likeness (QED) is 0.706. The van der Waals surface area contributed by atoms with Gasteiger partial charge in [0.15, 0.2) is 0 Å². The van der Waals surface area contributed by atoms with Gasteiger partial charge in [-0.15, -0.1) is 11.3 Å². The maximum atomic E-state index is 13.4. The van der Waals surface area contributed by atoms with Crippen LogP contribution in [-0.2, 0) is 4.74 Å². The molecule has 1 N–H and O–H groups in total. The second-order valence-electron chi connectivity index (χ2n) is 7.15. The van der Waals surface area contributed by atoms with E-state index in [-0.39, 0.29) is 23.9 Å². The molecule has 1 aliphatic rings. The first-order chi connectivity index (χ1) is 13.4. The number of aryl methyl sites for hydroxylation is 3. The Kier molecular flexibility index (Phi) is 5.12. The van der Waals surface area contributed by atoms with Crippen molar-refractivity contribution in [2.45, 2.75) is 45.8 Å². The van der Waals surface area contributed by atoms with E-state index < -0.39 is 0 Å². The molecule has 0 aliphatic carbocycles. The average molecular weight is 399 g/mol. The van der Waals surface area contributed by atoms with Crippen molar-refractivity contribution >= 4 is 27.5 Å². The van der Waals surface area contributed by atoms with Crippen LogP contribution in [0.5, 0.6) is 0 Å². The molecule has 0 unspecified atom stereocenters. The molecule has 0 bridgehead atoms. The van der Waals surface area contributed by atoms with E-state index in [0.717, 1.165) is 39.9 Å². The summed E-state index contributed by atoms with van der Waals surface area (Å²) in [7, 11) is 0. The first-order valence-corrected chi connectivity index (χ1v) is 10.2. The molecule has 3 heterocycles. The lowest BCUT2D eigenvalue weighted by Gasteiger charge is -2.24. The summed E-state index contributed by atoms with van der Waals surface area (Å²) in [5, 5.41) is 4.06. The first-order valence-electron chi connectivity index (χ1n) is 9.36. The van der Waals surface area contributed by atoms with E-state index in [1.807, 2.05) is 20.8 Å². The van der Waals surface area contributed by atoms with Crippen LogP contribution in [0.15, 0.2) is 24.3 Å². The number of carbonyl (C=O) groups is 1. The van der Waals surface area contributed by atoms with Gasteiger partial charge in [-0.05, 0) is 56.9 Å². The van der Waals surface area contributed by atoms with Crippen molar-refractivity contribution in [3.8, 4) is 0 Å². The molecule has 4 rings (SSSR count). The summed E-state index contributed by atoms with van der Waals surface area (Å²) in [5.41, 5.74) is 2.61. The summed E-state index contributed by atoms with van der Waals surface area (Å²) in [6.45, 7) is 6.39. The Morgan fingerprint density at radius 1 is 1.25 bits per heavy atom. The summed E-state index contributed by atoms with van der Waals surface area (Å²) in [4.78, 5) is 23.5. The number of amides is 1. The molecule has 1 amide bonds. The fraction of sp³-hybridized carbons (Fsp3) is 0.381. The van der Waals surface area contributed by atoms with Crippen LogP contribution in [0.3, 0.4) is 0 Å². The van der Waals surface area contributed by atoms with Gasteiger partial charge in [-0.1, -0.05) is 12.1 Å². The second-order valence-corrected chi connectivity index (χ2v) is 8.15. The van der Waals surface area contributed by atoms with E-state index in [1.165, 1.54) is 23.5 Å². The van der Waals surface area contributed by atoms with Crippen LogP contribution in [0.25, 0.3) is 10.2 Å². The van der Waals surface area contributed by atoms with Crippen molar-refractivity contribution in [2.75, 3.05) is 6.61 Å². The highest BCUT2D eigenvalue weighted by atomic mass is 32.1. The number of halogens is 1. The second kappa shape index (κ2) is 7.56. The third-order valence-electron chi connectivity index (χ3n) is 5.14. The number of thiophene rings is 1. The normalized spacial score (nSPS) is 17.8. The highest BCUT2D eigenvalue weighted by molar-refractivity contribution is 7.20. The summed E-state index contributed by atoms with van der Waals surface area (Å²) in [6, 6.07) is 5.91. The van der Waals surface area contributed by atoms with Crippen LogP contribution in [0.1, 0.15) is 51.2 Å². The zero-order valence-corrected chi connectivity index (χ0v) is 16.9. The molecule has 5 nitrogen and oxygen atoms in total. The summed E-state index contributed by atoms with van der Waals surface area (Å²) >= 11 is 1.38. The smallest absolute Gasteiger partial charge is 0.262 e. The zero-order chi connectivity index (χ0) is 19.8. The maximum Gasteiger partial charge on any atom is 0.262 e. The van der Waals surface area contributed by atoms with Crippen LogP contribution in [-0.4, -0.2) is 28.6 Å². The predicted octanol–water partition coefficient (Wildman–Crippen LogP) is 4.41. The van der Waals surface area contributed by atoms with Gasteiger partial charge in [-0.3, -0.25) is 4.79 Å². The SMILES string of the molecule is Cc1nc(C)c2c(C)c(C(=O)N[C@@H](c3ccc(F)cc3)[C@@H]3CCCO3)sc2n1. The largest absolute Gasteiger partial charge is 0.376 e. The van der Waals surface area contributed by atoms with Crippen molar-refractivity contribution in [1.82, 2.24) is 15.3 Å². The molecular weight excluding hydrogens is 377 g/mol. The maximum absolute atomic E-state index is 13.4. The lowest BCUT2D eigenvalue weighted by Crippen LogP contribution is -2.36. The molecule has 0 radical (unpaired) electrons. The summed E-state index contributed by atoms with van der Waals surface area (Å²) in [6.07, 6.45) is 1.69.